The number of pyridine rings is 1. The summed E-state index contributed by atoms with van der Waals surface area (Å²) in [5, 5.41) is 0. The zero-order chi connectivity index (χ0) is 25.9. The van der Waals surface area contributed by atoms with E-state index in [0.717, 1.165) is 17.8 Å². The van der Waals surface area contributed by atoms with Crippen LogP contribution in [0.15, 0.2) is 60.8 Å². The molecule has 1 fully saturated rings. The Morgan fingerprint density at radius 3 is 2.50 bits per heavy atom. The average molecular weight is 503 g/mol. The molecule has 1 amide bonds. The van der Waals surface area contributed by atoms with Crippen LogP contribution in [0.25, 0.3) is 0 Å². The molecular formula is C26H25F4N3O3. The Labute approximate surface area is 206 Å². The summed E-state index contributed by atoms with van der Waals surface area (Å²) in [4.78, 5) is 19.0. The maximum Gasteiger partial charge on any atom is 0.417 e. The third-order valence-electron chi connectivity index (χ3n) is 5.99. The first-order chi connectivity index (χ1) is 17.2. The lowest BCUT2D eigenvalue weighted by atomic mass is 10.0. The largest absolute Gasteiger partial charge is 0.454 e. The number of benzene rings is 2. The van der Waals surface area contributed by atoms with Crippen molar-refractivity contribution in [2.75, 3.05) is 31.7 Å². The molecule has 6 nitrogen and oxygen atoms in total. The summed E-state index contributed by atoms with van der Waals surface area (Å²) in [7, 11) is 1.76. The number of alkyl halides is 3. The van der Waals surface area contributed by atoms with Gasteiger partial charge in [-0.15, -0.1) is 0 Å². The second-order valence-electron chi connectivity index (χ2n) is 8.39. The lowest BCUT2D eigenvalue weighted by molar-refractivity contribution is -0.145. The fourth-order valence-corrected chi connectivity index (χ4v) is 3.92. The van der Waals surface area contributed by atoms with Crippen molar-refractivity contribution in [3.63, 3.8) is 0 Å². The lowest BCUT2D eigenvalue weighted by Crippen LogP contribution is -2.47. The monoisotopic (exact) mass is 503 g/mol. The molecule has 190 valence electrons. The molecule has 0 spiro atoms. The van der Waals surface area contributed by atoms with Gasteiger partial charge in [-0.05, 0) is 55.3 Å². The van der Waals surface area contributed by atoms with Gasteiger partial charge in [-0.1, -0.05) is 12.1 Å². The fourth-order valence-electron chi connectivity index (χ4n) is 3.92. The molecule has 3 aromatic rings. The Balaban J connectivity index is 1.44. The highest BCUT2D eigenvalue weighted by molar-refractivity contribution is 5.78. The van der Waals surface area contributed by atoms with Crippen molar-refractivity contribution in [2.45, 2.75) is 25.6 Å². The van der Waals surface area contributed by atoms with Crippen LogP contribution in [0.2, 0.25) is 0 Å². The van der Waals surface area contributed by atoms with Crippen molar-refractivity contribution < 1.29 is 31.8 Å². The maximum absolute atomic E-state index is 14.9. The highest BCUT2D eigenvalue weighted by Crippen LogP contribution is 2.33. The van der Waals surface area contributed by atoms with Crippen molar-refractivity contribution in [1.82, 2.24) is 9.88 Å². The minimum absolute atomic E-state index is 0.00828. The van der Waals surface area contributed by atoms with E-state index < -0.39 is 17.6 Å². The Morgan fingerprint density at radius 1 is 1.14 bits per heavy atom. The highest BCUT2D eigenvalue weighted by atomic mass is 19.4. The molecule has 1 atom stereocenters. The summed E-state index contributed by atoms with van der Waals surface area (Å²) in [6.07, 6.45) is -3.10. The molecule has 10 heteroatoms. The van der Waals surface area contributed by atoms with Gasteiger partial charge in [0.2, 0.25) is 5.91 Å². The SMILES string of the molecule is CCN(c1ccc(Oc2ccc(CC3COCC(=O)N3C)cc2)c(F)c1)c1ccc(C(F)(F)F)cn1. The van der Waals surface area contributed by atoms with Crippen LogP contribution in [-0.4, -0.2) is 48.6 Å². The number of anilines is 2. The van der Waals surface area contributed by atoms with Gasteiger partial charge >= 0.3 is 6.18 Å². The van der Waals surface area contributed by atoms with Crippen LogP contribution in [0.5, 0.6) is 11.5 Å². The molecule has 1 aliphatic rings. The normalized spacial score (nSPS) is 16.2. The number of ether oxygens (including phenoxy) is 2. The zero-order valence-corrected chi connectivity index (χ0v) is 19.8. The van der Waals surface area contributed by atoms with Crippen molar-refractivity contribution >= 4 is 17.4 Å². The van der Waals surface area contributed by atoms with Crippen molar-refractivity contribution in [1.29, 1.82) is 0 Å². The van der Waals surface area contributed by atoms with Gasteiger partial charge in [0, 0.05) is 31.5 Å². The first-order valence-electron chi connectivity index (χ1n) is 11.4. The number of aromatic nitrogens is 1. The van der Waals surface area contributed by atoms with E-state index in [4.69, 9.17) is 9.47 Å². The van der Waals surface area contributed by atoms with Crippen LogP contribution in [-0.2, 0) is 22.1 Å². The Morgan fingerprint density at radius 2 is 1.89 bits per heavy atom. The second-order valence-corrected chi connectivity index (χ2v) is 8.39. The van der Waals surface area contributed by atoms with Crippen LogP contribution >= 0.6 is 0 Å². The molecule has 0 N–H and O–H groups in total. The summed E-state index contributed by atoms with van der Waals surface area (Å²) < 4.78 is 64.4. The van der Waals surface area contributed by atoms with E-state index in [0.29, 0.717) is 31.0 Å². The minimum atomic E-state index is -4.48. The number of hydrogen-bond donors (Lipinski definition) is 0. The van der Waals surface area contributed by atoms with E-state index in [1.807, 2.05) is 12.1 Å². The molecular weight excluding hydrogens is 478 g/mol. The summed E-state index contributed by atoms with van der Waals surface area (Å²) in [6.45, 7) is 2.72. The van der Waals surface area contributed by atoms with Crippen LogP contribution in [0.3, 0.4) is 0 Å². The number of rotatable bonds is 7. The molecule has 1 unspecified atom stereocenters. The smallest absolute Gasteiger partial charge is 0.417 e. The number of hydrogen-bond acceptors (Lipinski definition) is 5. The zero-order valence-electron chi connectivity index (χ0n) is 19.8. The predicted octanol–water partition coefficient (Wildman–Crippen LogP) is 5.59. The van der Waals surface area contributed by atoms with Crippen LogP contribution < -0.4 is 9.64 Å². The Kier molecular flexibility index (Phi) is 7.44. The Hall–Kier alpha value is -3.66. The minimum Gasteiger partial charge on any atom is -0.454 e. The molecule has 2 aromatic carbocycles. The third-order valence-corrected chi connectivity index (χ3v) is 5.99. The summed E-state index contributed by atoms with van der Waals surface area (Å²) in [5.74, 6) is 0.0348. The van der Waals surface area contributed by atoms with Gasteiger partial charge < -0.3 is 19.3 Å². The van der Waals surface area contributed by atoms with Gasteiger partial charge in [-0.3, -0.25) is 4.79 Å². The summed E-state index contributed by atoms with van der Waals surface area (Å²) >= 11 is 0. The number of halogens is 4. The van der Waals surface area contributed by atoms with Crippen molar-refractivity contribution in [3.05, 3.63) is 77.7 Å². The van der Waals surface area contributed by atoms with Gasteiger partial charge in [0.1, 0.15) is 18.2 Å². The van der Waals surface area contributed by atoms with E-state index in [9.17, 15) is 22.4 Å². The summed E-state index contributed by atoms with van der Waals surface area (Å²) in [5.41, 5.74) is 0.560. The number of nitrogens with zero attached hydrogens (tertiary/aromatic N) is 3. The van der Waals surface area contributed by atoms with Crippen molar-refractivity contribution in [3.8, 4) is 11.5 Å². The van der Waals surface area contributed by atoms with Crippen LogP contribution in [0.4, 0.5) is 29.1 Å². The van der Waals surface area contributed by atoms with Crippen LogP contribution in [0.1, 0.15) is 18.1 Å². The highest BCUT2D eigenvalue weighted by Gasteiger charge is 2.31. The fraction of sp³-hybridized carbons (Fsp3) is 0.308. The van der Waals surface area contributed by atoms with Gasteiger partial charge in [0.15, 0.2) is 11.6 Å². The molecule has 1 aromatic heterocycles. The van der Waals surface area contributed by atoms with E-state index in [1.54, 1.807) is 42.0 Å². The molecule has 0 saturated carbocycles. The molecule has 0 bridgehead atoms. The van der Waals surface area contributed by atoms with E-state index in [2.05, 4.69) is 4.98 Å². The standard InChI is InChI=1S/C26H25F4N3O3/c1-3-33(24-11-6-18(14-31-24)26(28,29)30)19-7-10-23(22(27)13-19)36-21-8-4-17(5-9-21)12-20-15-35-16-25(34)32(20)2/h4-11,13-14,20H,3,12,15-16H2,1-2H3. The average Bonchev–Trinajstić information content (AvgIpc) is 2.85. The first kappa shape index (κ1) is 25.4. The number of amides is 1. The molecule has 4 rings (SSSR count). The van der Waals surface area contributed by atoms with E-state index in [-0.39, 0.29) is 30.1 Å². The van der Waals surface area contributed by atoms with Gasteiger partial charge in [-0.2, -0.15) is 13.2 Å². The first-order valence-corrected chi connectivity index (χ1v) is 11.4. The number of likely N-dealkylation sites (N-methyl/N-ethyl adjacent to an activating group) is 1. The quantitative estimate of drug-likeness (QED) is 0.394. The van der Waals surface area contributed by atoms with Gasteiger partial charge in [0.25, 0.3) is 0 Å². The number of morpholine rings is 1. The number of carbonyl (C=O) groups is 1. The molecule has 0 radical (unpaired) electrons. The summed E-state index contributed by atoms with van der Waals surface area (Å²) in [6, 6.07) is 13.6. The molecule has 1 aliphatic heterocycles. The lowest BCUT2D eigenvalue weighted by Gasteiger charge is -2.32. The predicted molar refractivity (Wildman–Crippen MR) is 126 cm³/mol. The molecule has 1 saturated heterocycles. The second kappa shape index (κ2) is 10.5. The van der Waals surface area contributed by atoms with E-state index in [1.165, 1.54) is 18.2 Å². The maximum atomic E-state index is 14.9. The molecule has 0 aliphatic carbocycles. The van der Waals surface area contributed by atoms with Crippen molar-refractivity contribution in [2.24, 2.45) is 0 Å². The van der Waals surface area contributed by atoms with Gasteiger partial charge in [0.05, 0.1) is 18.2 Å². The van der Waals surface area contributed by atoms with Gasteiger partial charge in [-0.25, -0.2) is 9.37 Å². The Bertz CT molecular complexity index is 1200. The van der Waals surface area contributed by atoms with Crippen LogP contribution in [0, 0.1) is 5.82 Å². The number of carbonyl (C=O) groups excluding carboxylic acids is 1. The molecule has 36 heavy (non-hydrogen) atoms. The van der Waals surface area contributed by atoms with E-state index >= 15 is 0 Å². The molecule has 2 heterocycles. The third kappa shape index (κ3) is 5.76. The topological polar surface area (TPSA) is 54.9 Å².